The van der Waals surface area contributed by atoms with E-state index in [1.165, 1.54) is 0 Å². The molecular formula is C15H17O4P. The number of benzene rings is 2. The summed E-state index contributed by atoms with van der Waals surface area (Å²) in [7, 11) is -4.06. The highest BCUT2D eigenvalue weighted by molar-refractivity contribution is 7.47. The van der Waals surface area contributed by atoms with Crippen LogP contribution in [0.4, 0.5) is 0 Å². The molecule has 0 aliphatic rings. The third-order valence-electron chi connectivity index (χ3n) is 2.53. The molecule has 1 N–H and O–H groups in total. The third kappa shape index (κ3) is 4.20. The van der Waals surface area contributed by atoms with Crippen LogP contribution in [0.5, 0.6) is 5.75 Å². The molecule has 0 bridgehead atoms. The highest BCUT2D eigenvalue weighted by Crippen LogP contribution is 2.45. The minimum absolute atomic E-state index is 0.302. The van der Waals surface area contributed by atoms with Gasteiger partial charge in [-0.1, -0.05) is 42.5 Å². The van der Waals surface area contributed by atoms with Crippen LogP contribution < -0.4 is 4.52 Å². The molecule has 2 aromatic carbocycles. The van der Waals surface area contributed by atoms with Crippen LogP contribution in [0.1, 0.15) is 13.8 Å². The molecule has 0 radical (unpaired) electrons. The Labute approximate surface area is 118 Å². The zero-order valence-corrected chi connectivity index (χ0v) is 12.3. The Kier molecular flexibility index (Phi) is 4.61. The van der Waals surface area contributed by atoms with E-state index in [-0.39, 0.29) is 6.10 Å². The maximum atomic E-state index is 11.7. The third-order valence-corrected chi connectivity index (χ3v) is 3.66. The van der Waals surface area contributed by atoms with Gasteiger partial charge in [-0.15, -0.1) is 0 Å². The molecule has 2 aromatic rings. The first-order valence-corrected chi connectivity index (χ1v) is 7.82. The maximum Gasteiger partial charge on any atom is 0.527 e. The van der Waals surface area contributed by atoms with Gasteiger partial charge >= 0.3 is 7.82 Å². The SMILES string of the molecule is CC(C)OP(=O)(O)Oc1ccc(-c2ccccc2)cc1. The average molecular weight is 292 g/mol. The number of rotatable bonds is 5. The average Bonchev–Trinajstić information content (AvgIpc) is 2.38. The Morgan fingerprint density at radius 3 is 2.05 bits per heavy atom. The molecule has 20 heavy (non-hydrogen) atoms. The van der Waals surface area contributed by atoms with Gasteiger partial charge < -0.3 is 4.52 Å². The van der Waals surface area contributed by atoms with E-state index >= 15 is 0 Å². The smallest absolute Gasteiger partial charge is 0.404 e. The van der Waals surface area contributed by atoms with Crippen molar-refractivity contribution in [1.82, 2.24) is 0 Å². The van der Waals surface area contributed by atoms with Crippen LogP contribution in [0.3, 0.4) is 0 Å². The standard InChI is InChI=1S/C15H17O4P/c1-12(2)18-20(16,17)19-15-10-8-14(9-11-15)13-6-4-3-5-7-13/h3-12H,1-2H3,(H,16,17). The Hall–Kier alpha value is -1.61. The van der Waals surface area contributed by atoms with Crippen molar-refractivity contribution in [2.75, 3.05) is 0 Å². The summed E-state index contributed by atoms with van der Waals surface area (Å²) in [5.41, 5.74) is 2.08. The van der Waals surface area contributed by atoms with Gasteiger partial charge in [-0.25, -0.2) is 4.57 Å². The van der Waals surface area contributed by atoms with Crippen LogP contribution >= 0.6 is 7.82 Å². The lowest BCUT2D eigenvalue weighted by Gasteiger charge is -2.15. The molecule has 0 aliphatic heterocycles. The van der Waals surface area contributed by atoms with Crippen molar-refractivity contribution in [3.05, 3.63) is 54.6 Å². The van der Waals surface area contributed by atoms with Crippen molar-refractivity contribution < 1.29 is 18.5 Å². The fraction of sp³-hybridized carbons (Fsp3) is 0.200. The van der Waals surface area contributed by atoms with Crippen molar-refractivity contribution in [3.8, 4) is 16.9 Å². The number of phosphoric acid groups is 1. The quantitative estimate of drug-likeness (QED) is 0.837. The van der Waals surface area contributed by atoms with Gasteiger partial charge in [0, 0.05) is 0 Å². The molecule has 5 heteroatoms. The summed E-state index contributed by atoms with van der Waals surface area (Å²) in [5.74, 6) is 0.302. The fourth-order valence-corrected chi connectivity index (χ4v) is 2.72. The molecule has 1 atom stereocenters. The van der Waals surface area contributed by atoms with Crippen molar-refractivity contribution in [1.29, 1.82) is 0 Å². The predicted molar refractivity (Wildman–Crippen MR) is 78.6 cm³/mol. The van der Waals surface area contributed by atoms with E-state index in [0.717, 1.165) is 11.1 Å². The van der Waals surface area contributed by atoms with Crippen LogP contribution in [0.15, 0.2) is 54.6 Å². The maximum absolute atomic E-state index is 11.7. The molecule has 0 aliphatic carbocycles. The summed E-state index contributed by atoms with van der Waals surface area (Å²) in [5, 5.41) is 0. The van der Waals surface area contributed by atoms with E-state index in [4.69, 9.17) is 9.05 Å². The van der Waals surface area contributed by atoms with Crippen LogP contribution in [-0.2, 0) is 9.09 Å². The van der Waals surface area contributed by atoms with Crippen molar-refractivity contribution in [2.24, 2.45) is 0 Å². The Bertz CT molecular complexity index is 593. The van der Waals surface area contributed by atoms with Crippen molar-refractivity contribution in [2.45, 2.75) is 20.0 Å². The Balaban J connectivity index is 2.11. The van der Waals surface area contributed by atoms with Gasteiger partial charge in [-0.2, -0.15) is 0 Å². The van der Waals surface area contributed by atoms with Gasteiger partial charge in [0.2, 0.25) is 0 Å². The summed E-state index contributed by atoms with van der Waals surface area (Å²) in [6.07, 6.45) is -0.380. The zero-order valence-electron chi connectivity index (χ0n) is 11.4. The molecule has 0 fully saturated rings. The lowest BCUT2D eigenvalue weighted by molar-refractivity contribution is 0.161. The van der Waals surface area contributed by atoms with Gasteiger partial charge in [-0.05, 0) is 37.1 Å². The summed E-state index contributed by atoms with van der Waals surface area (Å²) in [4.78, 5) is 9.54. The highest BCUT2D eigenvalue weighted by atomic mass is 31.2. The van der Waals surface area contributed by atoms with Crippen LogP contribution in [0.25, 0.3) is 11.1 Å². The lowest BCUT2D eigenvalue weighted by Crippen LogP contribution is -2.04. The molecule has 0 saturated carbocycles. The number of hydrogen-bond acceptors (Lipinski definition) is 3. The second kappa shape index (κ2) is 6.23. The Morgan fingerprint density at radius 2 is 1.50 bits per heavy atom. The first-order chi connectivity index (χ1) is 9.46. The Morgan fingerprint density at radius 1 is 0.950 bits per heavy atom. The van der Waals surface area contributed by atoms with E-state index in [1.807, 2.05) is 42.5 Å². The van der Waals surface area contributed by atoms with Crippen molar-refractivity contribution >= 4 is 7.82 Å². The largest absolute Gasteiger partial charge is 0.527 e. The molecule has 106 valence electrons. The highest BCUT2D eigenvalue weighted by Gasteiger charge is 2.24. The van der Waals surface area contributed by atoms with Crippen LogP contribution in [0, 0.1) is 0 Å². The molecule has 1 unspecified atom stereocenters. The minimum Gasteiger partial charge on any atom is -0.404 e. The van der Waals surface area contributed by atoms with Gasteiger partial charge in [0.15, 0.2) is 0 Å². The summed E-state index contributed by atoms with van der Waals surface area (Å²) in [6.45, 7) is 3.34. The summed E-state index contributed by atoms with van der Waals surface area (Å²) < 4.78 is 21.5. The molecule has 4 nitrogen and oxygen atoms in total. The first-order valence-electron chi connectivity index (χ1n) is 6.32. The second-order valence-electron chi connectivity index (χ2n) is 4.60. The second-order valence-corrected chi connectivity index (χ2v) is 5.93. The monoisotopic (exact) mass is 292 g/mol. The molecular weight excluding hydrogens is 275 g/mol. The van der Waals surface area contributed by atoms with Gasteiger partial charge in [0.25, 0.3) is 0 Å². The van der Waals surface area contributed by atoms with Crippen LogP contribution in [0.2, 0.25) is 0 Å². The lowest BCUT2D eigenvalue weighted by atomic mass is 10.1. The number of phosphoric ester groups is 1. The van der Waals surface area contributed by atoms with E-state index in [9.17, 15) is 9.46 Å². The van der Waals surface area contributed by atoms with E-state index in [2.05, 4.69) is 0 Å². The van der Waals surface area contributed by atoms with Gasteiger partial charge in [0.05, 0.1) is 6.10 Å². The van der Waals surface area contributed by atoms with Gasteiger partial charge in [-0.3, -0.25) is 9.42 Å². The van der Waals surface area contributed by atoms with Gasteiger partial charge in [0.1, 0.15) is 5.75 Å². The predicted octanol–water partition coefficient (Wildman–Crippen LogP) is 4.26. The first kappa shape index (κ1) is 14.8. The molecule has 0 saturated heterocycles. The minimum atomic E-state index is -4.06. The molecule has 0 spiro atoms. The zero-order chi connectivity index (χ0) is 14.6. The normalized spacial score (nSPS) is 14.0. The summed E-state index contributed by atoms with van der Waals surface area (Å²) in [6, 6.07) is 16.8. The van der Waals surface area contributed by atoms with E-state index in [0.29, 0.717) is 5.75 Å². The fourth-order valence-electron chi connectivity index (χ4n) is 1.76. The van der Waals surface area contributed by atoms with Crippen LogP contribution in [-0.4, -0.2) is 11.0 Å². The molecule has 0 amide bonds. The summed E-state index contributed by atoms with van der Waals surface area (Å²) >= 11 is 0. The molecule has 0 aromatic heterocycles. The van der Waals surface area contributed by atoms with E-state index in [1.54, 1.807) is 26.0 Å². The number of hydrogen-bond donors (Lipinski definition) is 1. The topological polar surface area (TPSA) is 55.8 Å². The van der Waals surface area contributed by atoms with E-state index < -0.39 is 7.82 Å². The van der Waals surface area contributed by atoms with Crippen molar-refractivity contribution in [3.63, 3.8) is 0 Å². The molecule has 0 heterocycles. The molecule has 2 rings (SSSR count).